The number of rotatable bonds is 9. The summed E-state index contributed by atoms with van der Waals surface area (Å²) in [5.74, 6) is -0.118. The van der Waals surface area contributed by atoms with Crippen molar-refractivity contribution >= 4 is 33.3 Å². The van der Waals surface area contributed by atoms with Crippen LogP contribution in [0.3, 0.4) is 0 Å². The number of hydrogen-bond donors (Lipinski definition) is 3. The van der Waals surface area contributed by atoms with Crippen molar-refractivity contribution < 1.29 is 22.7 Å². The predicted molar refractivity (Wildman–Crippen MR) is 112 cm³/mol. The number of ether oxygens (including phenoxy) is 1. The Labute approximate surface area is 174 Å². The maximum absolute atomic E-state index is 12.6. The van der Waals surface area contributed by atoms with E-state index in [0.717, 1.165) is 12.0 Å². The van der Waals surface area contributed by atoms with Gasteiger partial charge in [0, 0.05) is 7.05 Å². The first-order valence-corrected chi connectivity index (χ1v) is 11.5. The van der Waals surface area contributed by atoms with Crippen molar-refractivity contribution in [2.45, 2.75) is 37.6 Å². The van der Waals surface area contributed by atoms with Crippen LogP contribution < -0.4 is 20.1 Å². The normalized spacial score (nSPS) is 12.1. The van der Waals surface area contributed by atoms with Crippen molar-refractivity contribution in [1.29, 1.82) is 0 Å². The lowest BCUT2D eigenvalue weighted by Crippen LogP contribution is -2.37. The molecule has 0 saturated carbocycles. The Balaban J connectivity index is 2.23. The van der Waals surface area contributed by atoms with Crippen LogP contribution in [0.1, 0.15) is 37.4 Å². The highest BCUT2D eigenvalue weighted by Crippen LogP contribution is 2.26. The van der Waals surface area contributed by atoms with Crippen LogP contribution in [0.4, 0.5) is 4.79 Å². The molecule has 10 heteroatoms. The molecule has 2 rings (SSSR count). The van der Waals surface area contributed by atoms with Gasteiger partial charge in [-0.05, 0) is 53.4 Å². The fourth-order valence-electron chi connectivity index (χ4n) is 2.70. The number of thiophene rings is 1. The number of sulfonamides is 1. The minimum atomic E-state index is -4.16. The van der Waals surface area contributed by atoms with Gasteiger partial charge < -0.3 is 15.4 Å². The Hall–Kier alpha value is -2.59. The molecule has 0 radical (unpaired) electrons. The lowest BCUT2D eigenvalue weighted by Gasteiger charge is -2.17. The van der Waals surface area contributed by atoms with Gasteiger partial charge in [0.15, 0.2) is 0 Å². The third-order valence-electron chi connectivity index (χ3n) is 4.11. The first kappa shape index (κ1) is 22.7. The summed E-state index contributed by atoms with van der Waals surface area (Å²) in [5.41, 5.74) is 1.53. The van der Waals surface area contributed by atoms with Crippen LogP contribution in [0, 0.1) is 0 Å². The number of urea groups is 1. The molecule has 1 heterocycles. The van der Waals surface area contributed by atoms with E-state index < -0.39 is 16.1 Å². The minimum Gasteiger partial charge on any atom is -0.492 e. The van der Waals surface area contributed by atoms with Crippen LogP contribution in [0.5, 0.6) is 5.75 Å². The zero-order valence-electron chi connectivity index (χ0n) is 16.5. The van der Waals surface area contributed by atoms with Gasteiger partial charge in [-0.1, -0.05) is 13.0 Å². The van der Waals surface area contributed by atoms with E-state index in [1.54, 1.807) is 24.3 Å². The van der Waals surface area contributed by atoms with Gasteiger partial charge in [-0.15, -0.1) is 0 Å². The van der Waals surface area contributed by atoms with Gasteiger partial charge in [0.1, 0.15) is 10.6 Å². The first-order chi connectivity index (χ1) is 13.8. The van der Waals surface area contributed by atoms with Crippen LogP contribution >= 0.6 is 11.3 Å². The Kier molecular flexibility index (Phi) is 8.03. The van der Waals surface area contributed by atoms with Gasteiger partial charge >= 0.3 is 6.03 Å². The molecule has 0 spiro atoms. The summed E-state index contributed by atoms with van der Waals surface area (Å²) in [5, 5.41) is 9.10. The van der Waals surface area contributed by atoms with Crippen molar-refractivity contribution in [3.05, 3.63) is 46.2 Å². The van der Waals surface area contributed by atoms with Gasteiger partial charge in [-0.3, -0.25) is 4.79 Å². The third kappa shape index (κ3) is 6.20. The highest BCUT2D eigenvalue weighted by molar-refractivity contribution is 7.90. The van der Waals surface area contributed by atoms with E-state index in [-0.39, 0.29) is 35.6 Å². The Bertz CT molecular complexity index is 943. The first-order valence-electron chi connectivity index (χ1n) is 9.12. The highest BCUT2D eigenvalue weighted by Gasteiger charge is 2.23. The van der Waals surface area contributed by atoms with Crippen LogP contribution in [-0.2, 0) is 21.2 Å². The number of hydrogen-bond acceptors (Lipinski definition) is 6. The van der Waals surface area contributed by atoms with Crippen LogP contribution in [0.15, 0.2) is 39.9 Å². The van der Waals surface area contributed by atoms with Gasteiger partial charge in [0.25, 0.3) is 10.0 Å². The van der Waals surface area contributed by atoms with Crippen molar-refractivity contribution in [3.63, 3.8) is 0 Å². The molecule has 8 nitrogen and oxygen atoms in total. The largest absolute Gasteiger partial charge is 0.492 e. The standard InChI is InChI=1S/C19H25N3O5S2/c1-4-15(14-8-9-28-12-14)21-18(23)11-13-6-7-16(27-5-2)17(10-13)29(25,26)22-19(24)20-3/h6-10,12,15H,4-5,11H2,1-3H3,(H,21,23)(H2,20,22,24). The minimum absolute atomic E-state index is 0.00443. The number of nitrogens with one attached hydrogen (secondary N) is 3. The number of amides is 3. The summed E-state index contributed by atoms with van der Waals surface area (Å²) in [6.45, 7) is 3.95. The molecule has 3 N–H and O–H groups in total. The van der Waals surface area contributed by atoms with E-state index in [1.165, 1.54) is 19.2 Å². The number of benzene rings is 1. The van der Waals surface area contributed by atoms with Crippen LogP contribution in [-0.4, -0.2) is 34.0 Å². The maximum Gasteiger partial charge on any atom is 0.328 e. The fourth-order valence-corrected chi connectivity index (χ4v) is 4.57. The van der Waals surface area contributed by atoms with Gasteiger partial charge in [0.05, 0.1) is 19.1 Å². The van der Waals surface area contributed by atoms with Crippen LogP contribution in [0.2, 0.25) is 0 Å². The van der Waals surface area contributed by atoms with Crippen molar-refractivity contribution in [1.82, 2.24) is 15.4 Å². The number of carbonyl (C=O) groups excluding carboxylic acids is 2. The second kappa shape index (κ2) is 10.3. The second-order valence-electron chi connectivity index (χ2n) is 6.16. The van der Waals surface area contributed by atoms with Crippen molar-refractivity contribution in [2.75, 3.05) is 13.7 Å². The molecule has 1 aromatic heterocycles. The Morgan fingerprint density at radius 3 is 2.55 bits per heavy atom. The third-order valence-corrected chi connectivity index (χ3v) is 6.16. The lowest BCUT2D eigenvalue weighted by molar-refractivity contribution is -0.121. The molecular formula is C19H25N3O5S2. The van der Waals surface area contributed by atoms with E-state index in [2.05, 4.69) is 10.6 Å². The summed E-state index contributed by atoms with van der Waals surface area (Å²) in [6.07, 6.45) is 0.733. The lowest BCUT2D eigenvalue weighted by atomic mass is 10.1. The Morgan fingerprint density at radius 1 is 1.21 bits per heavy atom. The smallest absolute Gasteiger partial charge is 0.328 e. The summed E-state index contributed by atoms with van der Waals surface area (Å²) in [6, 6.07) is 5.47. The maximum atomic E-state index is 12.6. The quantitative estimate of drug-likeness (QED) is 0.556. The zero-order chi connectivity index (χ0) is 21.4. The molecule has 158 valence electrons. The molecule has 0 aliphatic heterocycles. The molecular weight excluding hydrogens is 414 g/mol. The molecule has 1 atom stereocenters. The fraction of sp³-hybridized carbons (Fsp3) is 0.368. The SMILES string of the molecule is CCOc1ccc(CC(=O)NC(CC)c2ccsc2)cc1S(=O)(=O)NC(=O)NC. The summed E-state index contributed by atoms with van der Waals surface area (Å²) in [4.78, 5) is 23.8. The molecule has 29 heavy (non-hydrogen) atoms. The molecule has 0 saturated heterocycles. The van der Waals surface area contributed by atoms with E-state index in [9.17, 15) is 18.0 Å². The number of carbonyl (C=O) groups is 2. The summed E-state index contributed by atoms with van der Waals surface area (Å²) in [7, 11) is -2.85. The van der Waals surface area contributed by atoms with Gasteiger partial charge in [0.2, 0.25) is 5.91 Å². The van der Waals surface area contributed by atoms with Crippen molar-refractivity contribution in [3.8, 4) is 5.75 Å². The predicted octanol–water partition coefficient (Wildman–Crippen LogP) is 2.57. The average Bonchev–Trinajstić information content (AvgIpc) is 3.21. The molecule has 0 fully saturated rings. The highest BCUT2D eigenvalue weighted by atomic mass is 32.2. The summed E-state index contributed by atoms with van der Waals surface area (Å²) >= 11 is 1.56. The monoisotopic (exact) mass is 439 g/mol. The van der Waals surface area contributed by atoms with E-state index in [4.69, 9.17) is 4.74 Å². The van der Waals surface area contributed by atoms with Gasteiger partial charge in [-0.25, -0.2) is 17.9 Å². The zero-order valence-corrected chi connectivity index (χ0v) is 18.2. The molecule has 3 amide bonds. The summed E-state index contributed by atoms with van der Waals surface area (Å²) < 4.78 is 32.4. The van der Waals surface area contributed by atoms with Crippen LogP contribution in [0.25, 0.3) is 0 Å². The van der Waals surface area contributed by atoms with E-state index in [1.807, 2.05) is 28.5 Å². The molecule has 1 unspecified atom stereocenters. The molecule has 0 aliphatic rings. The second-order valence-corrected chi connectivity index (χ2v) is 8.59. The average molecular weight is 440 g/mol. The molecule has 0 aliphatic carbocycles. The van der Waals surface area contributed by atoms with Crippen molar-refractivity contribution in [2.24, 2.45) is 0 Å². The van der Waals surface area contributed by atoms with E-state index >= 15 is 0 Å². The van der Waals surface area contributed by atoms with Gasteiger partial charge in [-0.2, -0.15) is 11.3 Å². The topological polar surface area (TPSA) is 114 Å². The van der Waals surface area contributed by atoms with E-state index in [0.29, 0.717) is 5.56 Å². The molecule has 0 bridgehead atoms. The Morgan fingerprint density at radius 2 is 1.97 bits per heavy atom. The molecule has 1 aromatic carbocycles. The molecule has 2 aromatic rings.